The van der Waals surface area contributed by atoms with Gasteiger partial charge in [-0.1, -0.05) is 6.07 Å². The lowest BCUT2D eigenvalue weighted by Gasteiger charge is -2.15. The van der Waals surface area contributed by atoms with Gasteiger partial charge in [-0.25, -0.2) is 28.0 Å². The van der Waals surface area contributed by atoms with Gasteiger partial charge in [0.2, 0.25) is 0 Å². The first kappa shape index (κ1) is 27.7. The van der Waals surface area contributed by atoms with Gasteiger partial charge in [0.1, 0.15) is 0 Å². The fourth-order valence-electron chi connectivity index (χ4n) is 3.83. The van der Waals surface area contributed by atoms with Crippen LogP contribution in [0.2, 0.25) is 0 Å². The summed E-state index contributed by atoms with van der Waals surface area (Å²) in [4.78, 5) is 31.5. The SMILES string of the molecule is COC(=O)N1CCC(c2cn3c(-c4cc(S(C)(=O)=O)ccc4C)cnc3c(N)n2)C1.O=C(O)C(F)(F)F. The number of hydrogen-bond acceptors (Lipinski definition) is 8. The number of fused-ring (bicyclic) bond motifs is 1. The Hall–Kier alpha value is -3.88. The molecule has 3 heterocycles. The number of aromatic nitrogens is 3. The molecule has 15 heteroatoms. The fourth-order valence-corrected chi connectivity index (χ4v) is 4.48. The maximum absolute atomic E-state index is 12.0. The molecule has 0 saturated carbocycles. The van der Waals surface area contributed by atoms with Gasteiger partial charge in [-0.3, -0.25) is 4.40 Å². The van der Waals surface area contributed by atoms with E-state index in [9.17, 15) is 26.4 Å². The highest BCUT2D eigenvalue weighted by Crippen LogP contribution is 2.31. The molecule has 0 bridgehead atoms. The van der Waals surface area contributed by atoms with E-state index < -0.39 is 22.0 Å². The smallest absolute Gasteiger partial charge is 0.475 e. The normalized spacial score (nSPS) is 15.8. The van der Waals surface area contributed by atoms with Gasteiger partial charge < -0.3 is 20.5 Å². The lowest BCUT2D eigenvalue weighted by molar-refractivity contribution is -0.192. The average molecular weight is 544 g/mol. The van der Waals surface area contributed by atoms with Crippen molar-refractivity contribution in [3.05, 3.63) is 41.9 Å². The monoisotopic (exact) mass is 543 g/mol. The van der Waals surface area contributed by atoms with Crippen molar-refractivity contribution in [3.63, 3.8) is 0 Å². The molecule has 1 amide bonds. The number of alkyl halides is 3. The number of halogens is 3. The van der Waals surface area contributed by atoms with Gasteiger partial charge in [-0.2, -0.15) is 13.2 Å². The first-order valence-corrected chi connectivity index (χ1v) is 12.6. The molecule has 1 unspecified atom stereocenters. The Balaban J connectivity index is 0.000000479. The number of aryl methyl sites for hydroxylation is 1. The molecular formula is C22H24F3N5O6S. The quantitative estimate of drug-likeness (QED) is 0.507. The second kappa shape index (κ2) is 10.2. The van der Waals surface area contributed by atoms with E-state index in [-0.39, 0.29) is 22.7 Å². The van der Waals surface area contributed by atoms with Crippen LogP contribution < -0.4 is 5.73 Å². The predicted molar refractivity (Wildman–Crippen MR) is 126 cm³/mol. The van der Waals surface area contributed by atoms with Gasteiger partial charge in [-0.15, -0.1) is 0 Å². The highest BCUT2D eigenvalue weighted by molar-refractivity contribution is 7.90. The van der Waals surface area contributed by atoms with Crippen LogP contribution in [-0.2, 0) is 19.4 Å². The van der Waals surface area contributed by atoms with Crippen molar-refractivity contribution < 1.29 is 41.0 Å². The number of benzene rings is 1. The number of carbonyl (C=O) groups excluding carboxylic acids is 1. The number of nitrogen functional groups attached to an aromatic ring is 1. The number of ether oxygens (including phenoxy) is 1. The molecule has 1 aromatic carbocycles. The highest BCUT2D eigenvalue weighted by Gasteiger charge is 2.38. The van der Waals surface area contributed by atoms with Crippen LogP contribution in [0.3, 0.4) is 0 Å². The van der Waals surface area contributed by atoms with Crippen LogP contribution in [0, 0.1) is 6.92 Å². The summed E-state index contributed by atoms with van der Waals surface area (Å²) in [5, 5.41) is 7.12. The molecule has 11 nitrogen and oxygen atoms in total. The Labute approximate surface area is 209 Å². The summed E-state index contributed by atoms with van der Waals surface area (Å²) in [6, 6.07) is 5.03. The summed E-state index contributed by atoms with van der Waals surface area (Å²) in [5.41, 5.74) is 9.83. The molecule has 1 aliphatic rings. The van der Waals surface area contributed by atoms with Crippen molar-refractivity contribution in [1.29, 1.82) is 0 Å². The zero-order valence-corrected chi connectivity index (χ0v) is 20.8. The second-order valence-electron chi connectivity index (χ2n) is 8.34. The molecule has 37 heavy (non-hydrogen) atoms. The Morgan fingerprint density at radius 3 is 2.49 bits per heavy atom. The number of hydrogen-bond donors (Lipinski definition) is 2. The van der Waals surface area contributed by atoms with Crippen molar-refractivity contribution >= 4 is 33.4 Å². The number of carboxylic acid groups (broad SMARTS) is 1. The van der Waals surface area contributed by atoms with E-state index in [0.717, 1.165) is 28.9 Å². The van der Waals surface area contributed by atoms with Crippen LogP contribution in [0.5, 0.6) is 0 Å². The molecule has 3 N–H and O–H groups in total. The van der Waals surface area contributed by atoms with Crippen molar-refractivity contribution in [2.75, 3.05) is 32.2 Å². The van der Waals surface area contributed by atoms with Crippen LogP contribution in [0.15, 0.2) is 35.5 Å². The molecule has 1 saturated heterocycles. The van der Waals surface area contributed by atoms with Gasteiger partial charge in [0.25, 0.3) is 0 Å². The standard InChI is InChI=1S/C20H23N5O4S.C2HF3O2/c1-12-4-5-14(30(3,27)28)8-15(12)17-9-22-19-18(21)23-16(11-25(17)19)13-6-7-24(10-13)20(26)29-2;3-2(4,5)1(6)7/h4-5,8-9,11,13H,6-7,10H2,1-3H3,(H2,21,23);(H,6,7). The van der Waals surface area contributed by atoms with E-state index in [1.807, 2.05) is 17.5 Å². The number of methoxy groups -OCH3 is 1. The minimum absolute atomic E-state index is 0.0227. The van der Waals surface area contributed by atoms with Crippen molar-refractivity contribution in [2.45, 2.75) is 30.3 Å². The minimum Gasteiger partial charge on any atom is -0.475 e. The van der Waals surface area contributed by atoms with Gasteiger partial charge in [0.05, 0.1) is 29.6 Å². The summed E-state index contributed by atoms with van der Waals surface area (Å²) >= 11 is 0. The number of likely N-dealkylation sites (tertiary alicyclic amines) is 1. The summed E-state index contributed by atoms with van der Waals surface area (Å²) in [7, 11) is -1.98. The number of nitrogens with two attached hydrogens (primary N) is 1. The number of anilines is 1. The van der Waals surface area contributed by atoms with Crippen LogP contribution in [0.1, 0.15) is 23.6 Å². The van der Waals surface area contributed by atoms with Gasteiger partial charge >= 0.3 is 18.2 Å². The topological polar surface area (TPSA) is 157 Å². The summed E-state index contributed by atoms with van der Waals surface area (Å²) in [6.07, 6.45) is 0.0264. The number of nitrogens with zero attached hydrogens (tertiary/aromatic N) is 4. The minimum atomic E-state index is -5.08. The molecule has 2 aromatic heterocycles. The van der Waals surface area contributed by atoms with Crippen LogP contribution in [0.25, 0.3) is 16.9 Å². The zero-order valence-electron chi connectivity index (χ0n) is 20.0. The van der Waals surface area contributed by atoms with Gasteiger partial charge in [0.15, 0.2) is 21.3 Å². The van der Waals surface area contributed by atoms with Crippen LogP contribution in [-0.4, -0.2) is 77.5 Å². The highest BCUT2D eigenvalue weighted by atomic mass is 32.2. The Morgan fingerprint density at radius 2 is 1.92 bits per heavy atom. The molecule has 4 rings (SSSR count). The third-order valence-corrected chi connectivity index (χ3v) is 6.84. The zero-order chi connectivity index (χ0) is 27.7. The van der Waals surface area contributed by atoms with Crippen molar-refractivity contribution in [2.24, 2.45) is 0 Å². The summed E-state index contributed by atoms with van der Waals surface area (Å²) in [5.74, 6) is -2.45. The third-order valence-electron chi connectivity index (χ3n) is 5.73. The molecular weight excluding hydrogens is 519 g/mol. The molecule has 1 fully saturated rings. The average Bonchev–Trinajstić information content (AvgIpc) is 3.46. The Bertz CT molecular complexity index is 1450. The molecule has 0 spiro atoms. The van der Waals surface area contributed by atoms with Crippen molar-refractivity contribution in [1.82, 2.24) is 19.3 Å². The number of amides is 1. The molecule has 0 aliphatic carbocycles. The lowest BCUT2D eigenvalue weighted by atomic mass is 10.0. The maximum atomic E-state index is 12.0. The van der Waals surface area contributed by atoms with Gasteiger partial charge in [0, 0.05) is 37.0 Å². The van der Waals surface area contributed by atoms with E-state index in [4.69, 9.17) is 20.4 Å². The number of sulfone groups is 1. The van der Waals surface area contributed by atoms with E-state index in [0.29, 0.717) is 18.7 Å². The number of aliphatic carboxylic acids is 1. The van der Waals surface area contributed by atoms with E-state index in [1.54, 1.807) is 29.3 Å². The summed E-state index contributed by atoms with van der Waals surface area (Å²) < 4.78 is 62.4. The number of imidazole rings is 1. The van der Waals surface area contributed by atoms with E-state index in [1.165, 1.54) is 13.4 Å². The Morgan fingerprint density at radius 1 is 1.27 bits per heavy atom. The van der Waals surface area contributed by atoms with Crippen LogP contribution in [0.4, 0.5) is 23.8 Å². The first-order valence-electron chi connectivity index (χ1n) is 10.7. The van der Waals surface area contributed by atoms with E-state index >= 15 is 0 Å². The molecule has 1 atom stereocenters. The fraction of sp³-hybridized carbons (Fsp3) is 0.364. The summed E-state index contributed by atoms with van der Waals surface area (Å²) in [6.45, 7) is 3.00. The third kappa shape index (κ3) is 6.10. The predicted octanol–water partition coefficient (Wildman–Crippen LogP) is 2.88. The van der Waals surface area contributed by atoms with Crippen LogP contribution >= 0.6 is 0 Å². The lowest BCUT2D eigenvalue weighted by Crippen LogP contribution is -2.28. The Kier molecular flexibility index (Phi) is 7.67. The van der Waals surface area contributed by atoms with Crippen molar-refractivity contribution in [3.8, 4) is 11.3 Å². The first-order chi connectivity index (χ1) is 17.1. The van der Waals surface area contributed by atoms with E-state index in [2.05, 4.69) is 9.97 Å². The second-order valence-corrected chi connectivity index (χ2v) is 10.4. The number of carbonyl (C=O) groups is 2. The number of rotatable bonds is 3. The molecule has 200 valence electrons. The maximum Gasteiger partial charge on any atom is 0.490 e. The largest absolute Gasteiger partial charge is 0.490 e. The number of carboxylic acids is 1. The molecule has 1 aliphatic heterocycles. The van der Waals surface area contributed by atoms with Gasteiger partial charge in [-0.05, 0) is 31.0 Å². The molecule has 0 radical (unpaired) electrons. The molecule has 3 aromatic rings.